The smallest absolute Gasteiger partial charge is 0.305 e. The predicted molar refractivity (Wildman–Crippen MR) is 296 cm³/mol. The van der Waals surface area contributed by atoms with Crippen molar-refractivity contribution in [2.45, 2.75) is 347 Å². The van der Waals surface area contributed by atoms with Gasteiger partial charge in [0.15, 0.2) is 0 Å². The lowest BCUT2D eigenvalue weighted by Crippen LogP contribution is -2.45. The Morgan fingerprint density at radius 1 is 0.412 bits per heavy atom. The maximum absolute atomic E-state index is 12.5. The molecule has 0 aromatic carbocycles. The van der Waals surface area contributed by atoms with E-state index in [0.29, 0.717) is 25.9 Å². The molecule has 0 aromatic heterocycles. The van der Waals surface area contributed by atoms with Crippen molar-refractivity contribution in [3.63, 3.8) is 0 Å². The Kier molecular flexibility index (Phi) is 56.5. The van der Waals surface area contributed by atoms with Gasteiger partial charge in [0.2, 0.25) is 5.91 Å². The molecule has 0 rings (SSSR count). The zero-order chi connectivity index (χ0) is 49.3. The summed E-state index contributed by atoms with van der Waals surface area (Å²) in [7, 11) is 0. The summed E-state index contributed by atoms with van der Waals surface area (Å²) < 4.78 is 5.47. The first-order chi connectivity index (χ1) is 33.5. The molecule has 0 saturated heterocycles. The second-order valence-corrected chi connectivity index (χ2v) is 21.0. The first-order valence-electron chi connectivity index (χ1n) is 30.6. The number of allylic oxidation sites excluding steroid dienone is 4. The largest absolute Gasteiger partial charge is 0.466 e. The predicted octanol–water partition coefficient (Wildman–Crippen LogP) is 19.0. The molecule has 68 heavy (non-hydrogen) atoms. The van der Waals surface area contributed by atoms with Gasteiger partial charge in [0, 0.05) is 12.8 Å². The van der Waals surface area contributed by atoms with Crippen molar-refractivity contribution in [1.82, 2.24) is 5.32 Å². The van der Waals surface area contributed by atoms with Gasteiger partial charge in [-0.05, 0) is 51.4 Å². The molecule has 0 aromatic rings. The van der Waals surface area contributed by atoms with Crippen LogP contribution in [0.3, 0.4) is 0 Å². The van der Waals surface area contributed by atoms with E-state index in [9.17, 15) is 19.8 Å². The molecule has 0 aliphatic carbocycles. The van der Waals surface area contributed by atoms with Crippen molar-refractivity contribution in [2.24, 2.45) is 0 Å². The van der Waals surface area contributed by atoms with E-state index in [1.54, 1.807) is 0 Å². The van der Waals surface area contributed by atoms with Gasteiger partial charge in [-0.3, -0.25) is 9.59 Å². The van der Waals surface area contributed by atoms with E-state index in [2.05, 4.69) is 43.5 Å². The lowest BCUT2D eigenvalue weighted by molar-refractivity contribution is -0.143. The molecule has 6 nitrogen and oxygen atoms in total. The van der Waals surface area contributed by atoms with Crippen LogP contribution in [0.1, 0.15) is 335 Å². The fraction of sp³-hybridized carbons (Fsp3) is 0.903. The summed E-state index contributed by atoms with van der Waals surface area (Å²) in [6.07, 6.45) is 70.3. The molecule has 2 atom stereocenters. The van der Waals surface area contributed by atoms with Gasteiger partial charge in [0.1, 0.15) is 0 Å². The van der Waals surface area contributed by atoms with Gasteiger partial charge in [0.05, 0.1) is 25.4 Å². The summed E-state index contributed by atoms with van der Waals surface area (Å²) >= 11 is 0. The molecule has 402 valence electrons. The summed E-state index contributed by atoms with van der Waals surface area (Å²) in [5.41, 5.74) is 0. The average molecular weight is 959 g/mol. The number of carbonyl (C=O) groups excluding carboxylic acids is 2. The van der Waals surface area contributed by atoms with Crippen molar-refractivity contribution in [2.75, 3.05) is 13.2 Å². The Balaban J connectivity index is 3.43. The third-order valence-corrected chi connectivity index (χ3v) is 14.3. The fourth-order valence-corrected chi connectivity index (χ4v) is 9.54. The number of carbonyl (C=O) groups is 2. The molecular formula is C62H119NO5. The Labute approximate surface area is 424 Å². The van der Waals surface area contributed by atoms with E-state index in [0.717, 1.165) is 57.8 Å². The standard InChI is InChI=1S/C62H119NO5/c1-3-5-7-9-11-13-15-17-19-20-21-22-23-24-27-30-34-38-42-46-50-54-60(65)59(58-64)63-61(66)55-51-47-43-39-35-31-28-25-26-29-33-37-41-45-49-53-57-68-62(67)56-52-48-44-40-36-32-18-16-14-12-10-8-6-4-2/h10,12,16,18,59-60,64-65H,3-9,11,13-15,17,19-58H2,1-2H3,(H,63,66)/b12-10-,18-16-. The molecule has 0 radical (unpaired) electrons. The number of esters is 1. The van der Waals surface area contributed by atoms with Crippen LogP contribution >= 0.6 is 0 Å². The molecule has 0 heterocycles. The van der Waals surface area contributed by atoms with Gasteiger partial charge >= 0.3 is 5.97 Å². The highest BCUT2D eigenvalue weighted by Gasteiger charge is 2.20. The summed E-state index contributed by atoms with van der Waals surface area (Å²) in [4.78, 5) is 24.6. The van der Waals surface area contributed by atoms with Gasteiger partial charge in [-0.1, -0.05) is 295 Å². The molecule has 0 aliphatic heterocycles. The summed E-state index contributed by atoms with van der Waals surface area (Å²) in [6, 6.07) is -0.548. The Morgan fingerprint density at radius 3 is 1.16 bits per heavy atom. The van der Waals surface area contributed by atoms with Gasteiger partial charge < -0.3 is 20.3 Å². The van der Waals surface area contributed by atoms with Gasteiger partial charge in [-0.2, -0.15) is 0 Å². The normalized spacial score (nSPS) is 12.7. The van der Waals surface area contributed by atoms with E-state index in [1.165, 1.54) is 244 Å². The highest BCUT2D eigenvalue weighted by Crippen LogP contribution is 2.18. The minimum atomic E-state index is -0.670. The number of unbranched alkanes of at least 4 members (excludes halogenated alkanes) is 42. The number of ether oxygens (including phenoxy) is 1. The van der Waals surface area contributed by atoms with E-state index in [-0.39, 0.29) is 18.5 Å². The summed E-state index contributed by atoms with van der Waals surface area (Å²) in [6.45, 7) is 4.92. The van der Waals surface area contributed by atoms with Gasteiger partial charge in [-0.15, -0.1) is 0 Å². The maximum Gasteiger partial charge on any atom is 0.305 e. The maximum atomic E-state index is 12.5. The zero-order valence-corrected chi connectivity index (χ0v) is 45.9. The lowest BCUT2D eigenvalue weighted by atomic mass is 10.0. The number of hydrogen-bond acceptors (Lipinski definition) is 5. The van der Waals surface area contributed by atoms with Crippen molar-refractivity contribution < 1.29 is 24.5 Å². The Hall–Kier alpha value is -1.66. The van der Waals surface area contributed by atoms with Gasteiger partial charge in [0.25, 0.3) is 0 Å². The van der Waals surface area contributed by atoms with Crippen molar-refractivity contribution in [1.29, 1.82) is 0 Å². The number of aliphatic hydroxyl groups is 2. The molecule has 2 unspecified atom stereocenters. The van der Waals surface area contributed by atoms with Crippen molar-refractivity contribution in [3.05, 3.63) is 24.3 Å². The zero-order valence-electron chi connectivity index (χ0n) is 45.9. The molecule has 1 amide bonds. The van der Waals surface area contributed by atoms with Crippen LogP contribution in [0.5, 0.6) is 0 Å². The first-order valence-corrected chi connectivity index (χ1v) is 30.6. The average Bonchev–Trinajstić information content (AvgIpc) is 3.34. The minimum absolute atomic E-state index is 0.0107. The lowest BCUT2D eigenvalue weighted by Gasteiger charge is -2.22. The third kappa shape index (κ3) is 53.7. The minimum Gasteiger partial charge on any atom is -0.466 e. The van der Waals surface area contributed by atoms with E-state index in [4.69, 9.17) is 4.74 Å². The SMILES string of the molecule is CCCC/C=C\C/C=C\CCCCCCCC(=O)OCCCCCCCCCCCCCCCCCCC(=O)NC(CO)C(O)CCCCCCCCCCCCCCCCCCCCCCC. The van der Waals surface area contributed by atoms with Crippen LogP contribution in [0.2, 0.25) is 0 Å². The quantitative estimate of drug-likeness (QED) is 0.0321. The third-order valence-electron chi connectivity index (χ3n) is 14.3. The van der Waals surface area contributed by atoms with Crippen LogP contribution in [-0.2, 0) is 14.3 Å². The monoisotopic (exact) mass is 958 g/mol. The van der Waals surface area contributed by atoms with Crippen LogP contribution in [-0.4, -0.2) is 47.4 Å². The summed E-state index contributed by atoms with van der Waals surface area (Å²) in [5.74, 6) is -0.0498. The topological polar surface area (TPSA) is 95.9 Å². The molecule has 0 aliphatic rings. The number of aliphatic hydroxyl groups excluding tert-OH is 2. The van der Waals surface area contributed by atoms with Crippen LogP contribution in [0.4, 0.5) is 0 Å². The molecule has 6 heteroatoms. The molecule has 0 fully saturated rings. The van der Waals surface area contributed by atoms with E-state index in [1.807, 2.05) is 0 Å². The van der Waals surface area contributed by atoms with E-state index < -0.39 is 12.1 Å². The second-order valence-electron chi connectivity index (χ2n) is 21.0. The molecule has 0 spiro atoms. The summed E-state index contributed by atoms with van der Waals surface area (Å²) in [5, 5.41) is 23.4. The number of rotatable bonds is 57. The number of hydrogen-bond donors (Lipinski definition) is 3. The van der Waals surface area contributed by atoms with Crippen molar-refractivity contribution >= 4 is 11.9 Å². The van der Waals surface area contributed by atoms with Crippen molar-refractivity contribution in [3.8, 4) is 0 Å². The molecular weight excluding hydrogens is 839 g/mol. The highest BCUT2D eigenvalue weighted by atomic mass is 16.5. The second kappa shape index (κ2) is 57.9. The van der Waals surface area contributed by atoms with Crippen LogP contribution < -0.4 is 5.32 Å². The Bertz CT molecular complexity index is 1060. The molecule has 0 bridgehead atoms. The fourth-order valence-electron chi connectivity index (χ4n) is 9.54. The van der Waals surface area contributed by atoms with Gasteiger partial charge in [-0.25, -0.2) is 0 Å². The van der Waals surface area contributed by atoms with E-state index >= 15 is 0 Å². The first kappa shape index (κ1) is 66.3. The number of nitrogens with one attached hydrogen (secondary N) is 1. The Morgan fingerprint density at radius 2 is 0.750 bits per heavy atom. The van der Waals surface area contributed by atoms with Crippen LogP contribution in [0.15, 0.2) is 24.3 Å². The molecule has 3 N–H and O–H groups in total. The van der Waals surface area contributed by atoms with Crippen LogP contribution in [0.25, 0.3) is 0 Å². The number of amides is 1. The molecule has 0 saturated carbocycles. The highest BCUT2D eigenvalue weighted by molar-refractivity contribution is 5.76. The van der Waals surface area contributed by atoms with Crippen LogP contribution in [0, 0.1) is 0 Å².